The molecule has 35 heavy (non-hydrogen) atoms. The van der Waals surface area contributed by atoms with Gasteiger partial charge in [-0.15, -0.1) is 0 Å². The lowest BCUT2D eigenvalue weighted by Gasteiger charge is -2.15. The molecule has 0 atom stereocenters. The van der Waals surface area contributed by atoms with Crippen LogP contribution in [-0.2, 0) is 16.2 Å². The van der Waals surface area contributed by atoms with Crippen LogP contribution in [0.2, 0.25) is 0 Å². The maximum atomic E-state index is 13.0. The number of sulfonamides is 1. The van der Waals surface area contributed by atoms with Crippen LogP contribution in [0.5, 0.6) is 0 Å². The fraction of sp³-hybridized carbons (Fsp3) is 0.0435. The van der Waals surface area contributed by atoms with Gasteiger partial charge in [0.15, 0.2) is 0 Å². The van der Waals surface area contributed by atoms with E-state index in [9.17, 15) is 26.4 Å². The van der Waals surface area contributed by atoms with Gasteiger partial charge in [-0.1, -0.05) is 24.3 Å². The molecule has 0 spiro atoms. The van der Waals surface area contributed by atoms with Gasteiger partial charge in [0.25, 0.3) is 10.0 Å². The Morgan fingerprint density at radius 3 is 2.31 bits per heavy atom. The first-order valence-electron chi connectivity index (χ1n) is 10.1. The van der Waals surface area contributed by atoms with E-state index in [2.05, 4.69) is 20.3 Å². The average Bonchev–Trinajstić information content (AvgIpc) is 3.34. The number of para-hydroxylation sites is 1. The third kappa shape index (κ3) is 5.79. The maximum absolute atomic E-state index is 13.0. The molecule has 3 aromatic carbocycles. The number of nitrogens with zero attached hydrogens (tertiary/aromatic N) is 2. The number of alkyl halides is 3. The maximum Gasteiger partial charge on any atom is 0.416 e. The second-order valence-electron chi connectivity index (χ2n) is 7.28. The molecule has 8 nitrogen and oxygen atoms in total. The van der Waals surface area contributed by atoms with Crippen molar-refractivity contribution in [2.45, 2.75) is 11.1 Å². The molecule has 1 heterocycles. The van der Waals surface area contributed by atoms with Gasteiger partial charge in [-0.2, -0.15) is 13.2 Å². The van der Waals surface area contributed by atoms with Gasteiger partial charge in [0, 0.05) is 23.8 Å². The van der Waals surface area contributed by atoms with Crippen LogP contribution in [0.15, 0.2) is 96.4 Å². The minimum absolute atomic E-state index is 0.0865. The number of carbonyl (C=O) groups excluding carboxylic acids is 1. The standard InChI is InChI=1S/C23H18F3N5O3S/c24-23(25,26)16-5-4-8-18(13-16)28-22(32)29-20-14-19(9-10-21(20)31-12-11-27-15-31)35(33,34)30-17-6-2-1-3-7-17/h1-15,30H,(H2,28,29,32). The summed E-state index contributed by atoms with van der Waals surface area (Å²) in [5, 5.41) is 4.84. The zero-order valence-electron chi connectivity index (χ0n) is 17.8. The fourth-order valence-corrected chi connectivity index (χ4v) is 4.27. The van der Waals surface area contributed by atoms with Crippen LogP contribution in [0.25, 0.3) is 5.69 Å². The number of halogens is 3. The number of benzene rings is 3. The van der Waals surface area contributed by atoms with Crippen molar-refractivity contribution >= 4 is 33.1 Å². The van der Waals surface area contributed by atoms with Crippen molar-refractivity contribution in [1.82, 2.24) is 9.55 Å². The number of amides is 2. The summed E-state index contributed by atoms with van der Waals surface area (Å²) in [7, 11) is -4.01. The van der Waals surface area contributed by atoms with Crippen molar-refractivity contribution in [3.63, 3.8) is 0 Å². The van der Waals surface area contributed by atoms with Crippen molar-refractivity contribution in [3.8, 4) is 5.69 Å². The minimum atomic E-state index is -4.57. The first-order chi connectivity index (χ1) is 16.6. The highest BCUT2D eigenvalue weighted by Crippen LogP contribution is 2.31. The predicted molar refractivity (Wildman–Crippen MR) is 125 cm³/mol. The zero-order valence-corrected chi connectivity index (χ0v) is 18.6. The molecule has 4 rings (SSSR count). The van der Waals surface area contributed by atoms with Gasteiger partial charge in [-0.25, -0.2) is 18.2 Å². The Morgan fingerprint density at radius 2 is 1.63 bits per heavy atom. The number of hydrogen-bond acceptors (Lipinski definition) is 4. The summed E-state index contributed by atoms with van der Waals surface area (Å²) in [5.41, 5.74) is -0.183. The number of hydrogen-bond donors (Lipinski definition) is 3. The molecule has 180 valence electrons. The highest BCUT2D eigenvalue weighted by Gasteiger charge is 2.30. The number of anilines is 3. The van der Waals surface area contributed by atoms with E-state index in [1.54, 1.807) is 41.1 Å². The smallest absolute Gasteiger partial charge is 0.308 e. The average molecular weight is 501 g/mol. The molecule has 0 unspecified atom stereocenters. The Balaban J connectivity index is 1.63. The third-order valence-electron chi connectivity index (χ3n) is 4.78. The molecule has 4 aromatic rings. The molecule has 0 bridgehead atoms. The summed E-state index contributed by atoms with van der Waals surface area (Å²) in [4.78, 5) is 16.4. The summed E-state index contributed by atoms with van der Waals surface area (Å²) < 4.78 is 68.7. The number of nitrogens with one attached hydrogen (secondary N) is 3. The number of carbonyl (C=O) groups is 1. The molecule has 0 aliphatic heterocycles. The van der Waals surface area contributed by atoms with Gasteiger partial charge in [0.1, 0.15) is 0 Å². The largest absolute Gasteiger partial charge is 0.416 e. The molecule has 3 N–H and O–H groups in total. The van der Waals surface area contributed by atoms with Crippen molar-refractivity contribution < 1.29 is 26.4 Å². The summed E-state index contributed by atoms with van der Waals surface area (Å²) >= 11 is 0. The predicted octanol–water partition coefficient (Wildman–Crippen LogP) is 5.34. The quantitative estimate of drug-likeness (QED) is 0.332. The van der Waals surface area contributed by atoms with E-state index >= 15 is 0 Å². The van der Waals surface area contributed by atoms with Crippen molar-refractivity contribution in [3.05, 3.63) is 97.1 Å². The molecule has 2 amide bonds. The van der Waals surface area contributed by atoms with Gasteiger partial charge in [-0.3, -0.25) is 4.72 Å². The Hall–Kier alpha value is -4.32. The lowest BCUT2D eigenvalue weighted by Crippen LogP contribution is -2.21. The highest BCUT2D eigenvalue weighted by molar-refractivity contribution is 7.92. The highest BCUT2D eigenvalue weighted by atomic mass is 32.2. The van der Waals surface area contributed by atoms with Crippen LogP contribution in [0, 0.1) is 0 Å². The first-order valence-corrected chi connectivity index (χ1v) is 11.6. The summed E-state index contributed by atoms with van der Waals surface area (Å²) in [6.07, 6.45) is -0.0471. The summed E-state index contributed by atoms with van der Waals surface area (Å²) in [6.45, 7) is 0. The molecule has 0 aliphatic carbocycles. The molecule has 0 saturated carbocycles. The minimum Gasteiger partial charge on any atom is -0.308 e. The van der Waals surface area contributed by atoms with E-state index in [1.807, 2.05) is 0 Å². The second-order valence-corrected chi connectivity index (χ2v) is 8.96. The van der Waals surface area contributed by atoms with Gasteiger partial charge in [0.05, 0.1) is 28.2 Å². The lowest BCUT2D eigenvalue weighted by atomic mass is 10.2. The van der Waals surface area contributed by atoms with E-state index in [0.717, 1.165) is 18.2 Å². The second kappa shape index (κ2) is 9.50. The Labute approximate surface area is 198 Å². The molecule has 0 radical (unpaired) electrons. The number of aromatic nitrogens is 2. The summed E-state index contributed by atoms with van der Waals surface area (Å²) in [5.74, 6) is 0. The molecule has 0 saturated heterocycles. The Morgan fingerprint density at radius 1 is 0.886 bits per heavy atom. The summed E-state index contributed by atoms with van der Waals surface area (Å²) in [6, 6.07) is 15.6. The monoisotopic (exact) mass is 501 g/mol. The fourth-order valence-electron chi connectivity index (χ4n) is 3.19. The van der Waals surface area contributed by atoms with Crippen molar-refractivity contribution in [2.24, 2.45) is 0 Å². The normalized spacial score (nSPS) is 11.6. The van der Waals surface area contributed by atoms with E-state index < -0.39 is 27.8 Å². The first kappa shape index (κ1) is 23.8. The van der Waals surface area contributed by atoms with Crippen molar-refractivity contribution in [2.75, 3.05) is 15.4 Å². The Bertz CT molecular complexity index is 1440. The van der Waals surface area contributed by atoms with Crippen molar-refractivity contribution in [1.29, 1.82) is 0 Å². The van der Waals surface area contributed by atoms with Crippen LogP contribution >= 0.6 is 0 Å². The van der Waals surface area contributed by atoms with Crippen LogP contribution in [0.3, 0.4) is 0 Å². The van der Waals surface area contributed by atoms with Gasteiger partial charge in [0.2, 0.25) is 0 Å². The van der Waals surface area contributed by atoms with Gasteiger partial charge >= 0.3 is 12.2 Å². The van der Waals surface area contributed by atoms with Gasteiger partial charge in [-0.05, 0) is 48.5 Å². The van der Waals surface area contributed by atoms with Crippen LogP contribution < -0.4 is 15.4 Å². The molecule has 12 heteroatoms. The molecule has 0 aliphatic rings. The molecular formula is C23H18F3N5O3S. The van der Waals surface area contributed by atoms with E-state index in [1.165, 1.54) is 36.8 Å². The number of rotatable bonds is 6. The number of imidazole rings is 1. The van der Waals surface area contributed by atoms with Gasteiger partial charge < -0.3 is 15.2 Å². The zero-order chi connectivity index (χ0) is 25.1. The van der Waals surface area contributed by atoms with E-state index in [0.29, 0.717) is 11.4 Å². The topological polar surface area (TPSA) is 105 Å². The SMILES string of the molecule is O=C(Nc1cccc(C(F)(F)F)c1)Nc1cc(S(=O)(=O)Nc2ccccc2)ccc1-n1ccnc1. The van der Waals surface area contributed by atoms with E-state index in [-0.39, 0.29) is 16.3 Å². The Kier molecular flexibility index (Phi) is 6.47. The van der Waals surface area contributed by atoms with Crippen LogP contribution in [-0.4, -0.2) is 24.0 Å². The number of urea groups is 1. The molecular weight excluding hydrogens is 483 g/mol. The van der Waals surface area contributed by atoms with Crippen LogP contribution in [0.1, 0.15) is 5.56 Å². The lowest BCUT2D eigenvalue weighted by molar-refractivity contribution is -0.137. The van der Waals surface area contributed by atoms with E-state index in [4.69, 9.17) is 0 Å². The third-order valence-corrected chi connectivity index (χ3v) is 6.16. The van der Waals surface area contributed by atoms with Crippen LogP contribution in [0.4, 0.5) is 35.0 Å². The molecule has 1 aromatic heterocycles. The molecule has 0 fully saturated rings.